The van der Waals surface area contributed by atoms with Crippen molar-refractivity contribution in [3.8, 4) is 17.2 Å². The minimum absolute atomic E-state index is 0.158. The largest absolute Gasteiger partial charge is 0.497 e. The highest BCUT2D eigenvalue weighted by Gasteiger charge is 2.06. The van der Waals surface area contributed by atoms with E-state index in [1.54, 1.807) is 20.4 Å². The summed E-state index contributed by atoms with van der Waals surface area (Å²) in [7, 11) is 3.23. The summed E-state index contributed by atoms with van der Waals surface area (Å²) in [5.74, 6) is 2.97. The van der Waals surface area contributed by atoms with Gasteiger partial charge in [0, 0.05) is 5.75 Å². The fourth-order valence-corrected chi connectivity index (χ4v) is 3.59. The Bertz CT molecular complexity index is 1020. The summed E-state index contributed by atoms with van der Waals surface area (Å²) in [6.07, 6.45) is 1.58. The maximum Gasteiger partial charge on any atom is 0.250 e. The number of carbonyl (C=O) groups is 1. The first-order valence-electron chi connectivity index (χ1n) is 10.1. The lowest BCUT2D eigenvalue weighted by Crippen LogP contribution is -2.19. The molecule has 0 aliphatic carbocycles. The minimum atomic E-state index is -0.158. The van der Waals surface area contributed by atoms with Gasteiger partial charge in [0.25, 0.3) is 0 Å². The smallest absolute Gasteiger partial charge is 0.250 e. The Balaban J connectivity index is 1.44. The van der Waals surface area contributed by atoms with Crippen LogP contribution in [-0.4, -0.2) is 32.1 Å². The van der Waals surface area contributed by atoms with Crippen LogP contribution in [0.1, 0.15) is 16.7 Å². The van der Waals surface area contributed by atoms with Crippen molar-refractivity contribution in [2.24, 2.45) is 5.10 Å². The van der Waals surface area contributed by atoms with Gasteiger partial charge in [-0.2, -0.15) is 5.10 Å². The molecule has 0 radical (unpaired) electrons. The van der Waals surface area contributed by atoms with E-state index in [1.165, 1.54) is 11.8 Å². The summed E-state index contributed by atoms with van der Waals surface area (Å²) in [5, 5.41) is 4.04. The second-order valence-electron chi connectivity index (χ2n) is 6.82. The number of methoxy groups -OCH3 is 2. The van der Waals surface area contributed by atoms with Crippen molar-refractivity contribution in [3.63, 3.8) is 0 Å². The Hall–Kier alpha value is -3.45. The zero-order valence-corrected chi connectivity index (χ0v) is 18.9. The molecule has 7 heteroatoms. The summed E-state index contributed by atoms with van der Waals surface area (Å²) in [5.41, 5.74) is 5.55. The van der Waals surface area contributed by atoms with Crippen molar-refractivity contribution in [1.82, 2.24) is 5.43 Å². The van der Waals surface area contributed by atoms with Crippen molar-refractivity contribution in [2.45, 2.75) is 12.4 Å². The van der Waals surface area contributed by atoms with Gasteiger partial charge in [0.1, 0.15) is 12.4 Å². The van der Waals surface area contributed by atoms with Gasteiger partial charge in [-0.1, -0.05) is 42.5 Å². The zero-order valence-electron chi connectivity index (χ0n) is 18.1. The monoisotopic (exact) mass is 450 g/mol. The minimum Gasteiger partial charge on any atom is -0.497 e. The Labute approximate surface area is 192 Å². The molecule has 6 nitrogen and oxygen atoms in total. The normalized spacial score (nSPS) is 10.7. The molecule has 0 saturated carbocycles. The van der Waals surface area contributed by atoms with Gasteiger partial charge in [-0.3, -0.25) is 4.79 Å². The summed E-state index contributed by atoms with van der Waals surface area (Å²) in [6.45, 7) is 0.453. The molecule has 0 aromatic heterocycles. The molecular formula is C25H26N2O4S. The first-order valence-corrected chi connectivity index (χ1v) is 11.2. The molecule has 166 valence electrons. The SMILES string of the molecule is COc1ccc(CSCC(=O)N/N=C\c2ccc(OCc3ccccc3)c(OC)c2)cc1. The van der Waals surface area contributed by atoms with Crippen LogP contribution in [0.2, 0.25) is 0 Å². The molecule has 0 spiro atoms. The molecule has 0 bridgehead atoms. The summed E-state index contributed by atoms with van der Waals surface area (Å²) in [6, 6.07) is 23.2. The van der Waals surface area contributed by atoms with Crippen molar-refractivity contribution in [1.29, 1.82) is 0 Å². The van der Waals surface area contributed by atoms with Crippen molar-refractivity contribution >= 4 is 23.9 Å². The maximum atomic E-state index is 12.0. The van der Waals surface area contributed by atoms with E-state index < -0.39 is 0 Å². The van der Waals surface area contributed by atoms with Crippen LogP contribution in [0, 0.1) is 0 Å². The van der Waals surface area contributed by atoms with Gasteiger partial charge in [-0.25, -0.2) is 5.43 Å². The Morgan fingerprint density at radius 2 is 1.72 bits per heavy atom. The molecule has 0 heterocycles. The van der Waals surface area contributed by atoms with Crippen molar-refractivity contribution in [3.05, 3.63) is 89.5 Å². The van der Waals surface area contributed by atoms with E-state index in [0.29, 0.717) is 23.9 Å². The van der Waals surface area contributed by atoms with Crippen LogP contribution in [0.5, 0.6) is 17.2 Å². The second kappa shape index (κ2) is 12.4. The van der Waals surface area contributed by atoms with E-state index in [-0.39, 0.29) is 5.91 Å². The predicted octanol–water partition coefficient (Wildman–Crippen LogP) is 4.67. The number of hydrazone groups is 1. The van der Waals surface area contributed by atoms with Gasteiger partial charge in [-0.15, -0.1) is 11.8 Å². The number of hydrogen-bond acceptors (Lipinski definition) is 6. The Kier molecular flexibility index (Phi) is 9.01. The molecule has 1 amide bonds. The van der Waals surface area contributed by atoms with Crippen LogP contribution in [0.4, 0.5) is 0 Å². The number of nitrogens with one attached hydrogen (secondary N) is 1. The highest BCUT2D eigenvalue weighted by Crippen LogP contribution is 2.28. The van der Waals surface area contributed by atoms with Crippen LogP contribution in [0.3, 0.4) is 0 Å². The van der Waals surface area contributed by atoms with Gasteiger partial charge in [0.15, 0.2) is 11.5 Å². The van der Waals surface area contributed by atoms with Crippen LogP contribution in [-0.2, 0) is 17.2 Å². The molecule has 32 heavy (non-hydrogen) atoms. The molecule has 0 atom stereocenters. The molecule has 1 N–H and O–H groups in total. The van der Waals surface area contributed by atoms with Gasteiger partial charge in [-0.05, 0) is 47.0 Å². The van der Waals surface area contributed by atoms with E-state index in [4.69, 9.17) is 14.2 Å². The molecule has 0 saturated heterocycles. The zero-order chi connectivity index (χ0) is 22.6. The number of ether oxygens (including phenoxy) is 3. The van der Waals surface area contributed by atoms with E-state index in [9.17, 15) is 4.79 Å². The van der Waals surface area contributed by atoms with Gasteiger partial charge in [0.2, 0.25) is 5.91 Å². The van der Waals surface area contributed by atoms with E-state index in [1.807, 2.05) is 72.8 Å². The maximum absolute atomic E-state index is 12.0. The van der Waals surface area contributed by atoms with Crippen LogP contribution in [0.25, 0.3) is 0 Å². The highest BCUT2D eigenvalue weighted by atomic mass is 32.2. The van der Waals surface area contributed by atoms with Gasteiger partial charge < -0.3 is 14.2 Å². The van der Waals surface area contributed by atoms with Crippen molar-refractivity contribution < 1.29 is 19.0 Å². The topological polar surface area (TPSA) is 69.2 Å². The number of thioether (sulfide) groups is 1. The average molecular weight is 451 g/mol. The average Bonchev–Trinajstić information content (AvgIpc) is 2.84. The number of benzene rings is 3. The number of hydrogen-bond donors (Lipinski definition) is 1. The van der Waals surface area contributed by atoms with Crippen LogP contribution < -0.4 is 19.6 Å². The van der Waals surface area contributed by atoms with E-state index >= 15 is 0 Å². The lowest BCUT2D eigenvalue weighted by Gasteiger charge is -2.11. The number of rotatable bonds is 11. The first kappa shape index (κ1) is 23.2. The Morgan fingerprint density at radius 1 is 0.938 bits per heavy atom. The third kappa shape index (κ3) is 7.35. The van der Waals surface area contributed by atoms with Crippen LogP contribution >= 0.6 is 11.8 Å². The van der Waals surface area contributed by atoms with Gasteiger partial charge in [0.05, 0.1) is 26.2 Å². The third-order valence-electron chi connectivity index (χ3n) is 4.49. The quantitative estimate of drug-likeness (QED) is 0.340. The Morgan fingerprint density at radius 3 is 2.44 bits per heavy atom. The van der Waals surface area contributed by atoms with Crippen molar-refractivity contribution in [2.75, 3.05) is 20.0 Å². The summed E-state index contributed by atoms with van der Waals surface area (Å²) < 4.78 is 16.4. The molecule has 0 unspecified atom stereocenters. The number of carbonyl (C=O) groups excluding carboxylic acids is 1. The molecule has 0 aliphatic rings. The third-order valence-corrected chi connectivity index (χ3v) is 5.49. The predicted molar refractivity (Wildman–Crippen MR) is 129 cm³/mol. The molecule has 3 aromatic rings. The number of amides is 1. The summed E-state index contributed by atoms with van der Waals surface area (Å²) >= 11 is 1.52. The first-order chi connectivity index (χ1) is 15.7. The fraction of sp³-hybridized carbons (Fsp3) is 0.200. The lowest BCUT2D eigenvalue weighted by molar-refractivity contribution is -0.118. The molecule has 0 fully saturated rings. The molecule has 0 aliphatic heterocycles. The highest BCUT2D eigenvalue weighted by molar-refractivity contribution is 7.99. The summed E-state index contributed by atoms with van der Waals surface area (Å²) in [4.78, 5) is 12.0. The fourth-order valence-electron chi connectivity index (χ4n) is 2.81. The molecular weight excluding hydrogens is 424 g/mol. The van der Waals surface area contributed by atoms with E-state index in [2.05, 4.69) is 10.5 Å². The lowest BCUT2D eigenvalue weighted by atomic mass is 10.2. The number of nitrogens with zero attached hydrogens (tertiary/aromatic N) is 1. The van der Waals surface area contributed by atoms with Crippen LogP contribution in [0.15, 0.2) is 77.9 Å². The standard InChI is InChI=1S/C25H26N2O4S/c1-29-22-11-8-20(9-12-22)17-32-18-25(28)27-26-15-21-10-13-23(24(14-21)30-2)31-16-19-6-4-3-5-7-19/h3-15H,16-18H2,1-2H3,(H,27,28)/b26-15-. The van der Waals surface area contributed by atoms with E-state index in [0.717, 1.165) is 28.2 Å². The molecule has 3 aromatic carbocycles. The second-order valence-corrected chi connectivity index (χ2v) is 7.80. The van der Waals surface area contributed by atoms with Gasteiger partial charge >= 0.3 is 0 Å². The molecule has 3 rings (SSSR count).